The summed E-state index contributed by atoms with van der Waals surface area (Å²) in [6.07, 6.45) is 1.70. The quantitative estimate of drug-likeness (QED) is 0.304. The molecule has 1 atom stereocenters. The number of anilines is 2. The molecule has 1 N–H and O–H groups in total. The van der Waals surface area contributed by atoms with Crippen molar-refractivity contribution in [2.45, 2.75) is 13.0 Å². The van der Waals surface area contributed by atoms with E-state index in [9.17, 15) is 0 Å². The van der Waals surface area contributed by atoms with Gasteiger partial charge in [-0.1, -0.05) is 30.3 Å². The van der Waals surface area contributed by atoms with Gasteiger partial charge in [-0.25, -0.2) is 14.7 Å². The first kappa shape index (κ1) is 21.7. The molecule has 0 aliphatic carbocycles. The lowest BCUT2D eigenvalue weighted by Gasteiger charge is -2.39. The zero-order valence-corrected chi connectivity index (χ0v) is 20.9. The fourth-order valence-electron chi connectivity index (χ4n) is 5.37. The van der Waals surface area contributed by atoms with E-state index in [2.05, 4.69) is 16.3 Å². The van der Waals surface area contributed by atoms with Gasteiger partial charge in [0, 0.05) is 11.8 Å². The van der Waals surface area contributed by atoms with Gasteiger partial charge in [0.25, 0.3) is 0 Å². The van der Waals surface area contributed by atoms with Gasteiger partial charge in [-0.15, -0.1) is 0 Å². The molecule has 0 saturated carbocycles. The summed E-state index contributed by atoms with van der Waals surface area (Å²) < 4.78 is 19.0. The van der Waals surface area contributed by atoms with Crippen LogP contribution in [0.4, 0.5) is 22.9 Å². The van der Waals surface area contributed by atoms with Crippen LogP contribution in [0.3, 0.4) is 0 Å². The highest BCUT2D eigenvalue weighted by molar-refractivity contribution is 6.51. The number of nitrogens with one attached hydrogen (secondary N) is 1. The molecule has 5 heterocycles. The number of para-hydroxylation sites is 3. The van der Waals surface area contributed by atoms with Crippen molar-refractivity contribution in [3.63, 3.8) is 0 Å². The summed E-state index contributed by atoms with van der Waals surface area (Å²) in [5.41, 5.74) is 5.36. The standard InChI is InChI=1S/C30H22N6O3/c1-18-26-27(24-12-7-15-37-24)35-22-11-6-5-10-21(22)32-28(31-19-13-14-23-25(16-19)39-17-38-23)30(35)33-29(26)36(34-18)20-8-3-2-4-9-20/h2-16,27H,17H2,1H3,(H,31,32)/t27-/m0/s1. The number of nitrogens with zero attached hydrogens (tertiary/aromatic N) is 5. The predicted octanol–water partition coefficient (Wildman–Crippen LogP) is 6.30. The van der Waals surface area contributed by atoms with Crippen molar-refractivity contribution in [3.8, 4) is 17.2 Å². The maximum atomic E-state index is 6.04. The molecule has 39 heavy (non-hydrogen) atoms. The first-order valence-electron chi connectivity index (χ1n) is 12.7. The van der Waals surface area contributed by atoms with Crippen LogP contribution in [0.5, 0.6) is 11.5 Å². The van der Waals surface area contributed by atoms with Gasteiger partial charge in [-0.3, -0.25) is 0 Å². The van der Waals surface area contributed by atoms with Gasteiger partial charge in [-0.05, 0) is 55.5 Å². The molecule has 190 valence electrons. The molecule has 8 rings (SSSR count). The van der Waals surface area contributed by atoms with Crippen molar-refractivity contribution in [1.82, 2.24) is 9.78 Å². The molecule has 0 radical (unpaired) electrons. The number of amidine groups is 2. The van der Waals surface area contributed by atoms with Crippen LogP contribution in [0.25, 0.3) is 5.69 Å². The third-order valence-electron chi connectivity index (χ3n) is 7.09. The maximum absolute atomic E-state index is 6.04. The Hall–Kier alpha value is -5.31. The van der Waals surface area contributed by atoms with Crippen LogP contribution in [-0.4, -0.2) is 28.2 Å². The molecule has 9 nitrogen and oxygen atoms in total. The SMILES string of the molecule is Cc1nn(-c2ccccc2)c2c1[C@H](c1ccco1)N1C(=N2)C(Nc2ccc3c(c2)OCO3)=Nc2ccccc21. The minimum atomic E-state index is -0.301. The molecule has 2 aromatic heterocycles. The molecule has 5 aromatic rings. The number of hydrogen-bond donors (Lipinski definition) is 1. The van der Waals surface area contributed by atoms with E-state index < -0.39 is 0 Å². The molecule has 9 heteroatoms. The summed E-state index contributed by atoms with van der Waals surface area (Å²) in [7, 11) is 0. The van der Waals surface area contributed by atoms with Crippen LogP contribution in [0, 0.1) is 6.92 Å². The fourth-order valence-corrected chi connectivity index (χ4v) is 5.37. The molecule has 3 aliphatic heterocycles. The number of furan rings is 1. The Bertz CT molecular complexity index is 1790. The van der Waals surface area contributed by atoms with Crippen molar-refractivity contribution in [2.24, 2.45) is 9.98 Å². The zero-order chi connectivity index (χ0) is 25.9. The van der Waals surface area contributed by atoms with Crippen LogP contribution >= 0.6 is 0 Å². The second-order valence-electron chi connectivity index (χ2n) is 9.44. The molecular weight excluding hydrogens is 492 g/mol. The Morgan fingerprint density at radius 1 is 0.872 bits per heavy atom. The van der Waals surface area contributed by atoms with E-state index in [0.29, 0.717) is 17.4 Å². The van der Waals surface area contributed by atoms with Gasteiger partial charge in [-0.2, -0.15) is 5.10 Å². The van der Waals surface area contributed by atoms with E-state index in [1.165, 1.54) is 0 Å². The predicted molar refractivity (Wildman–Crippen MR) is 148 cm³/mol. The number of hydrogen-bond acceptors (Lipinski definition) is 8. The zero-order valence-electron chi connectivity index (χ0n) is 20.9. The molecule has 0 spiro atoms. The van der Waals surface area contributed by atoms with Crippen LogP contribution < -0.4 is 19.7 Å². The second kappa shape index (κ2) is 8.35. The Labute approximate surface area is 223 Å². The number of benzene rings is 3. The van der Waals surface area contributed by atoms with E-state index in [0.717, 1.165) is 51.3 Å². The molecule has 0 amide bonds. The normalized spacial score (nSPS) is 16.6. The van der Waals surface area contributed by atoms with E-state index >= 15 is 0 Å². The lowest BCUT2D eigenvalue weighted by Crippen LogP contribution is -2.46. The van der Waals surface area contributed by atoms with E-state index in [4.69, 9.17) is 29.0 Å². The molecule has 3 aliphatic rings. The number of aromatic nitrogens is 2. The Morgan fingerprint density at radius 2 is 1.72 bits per heavy atom. The summed E-state index contributed by atoms with van der Waals surface area (Å²) in [5, 5.41) is 8.43. The summed E-state index contributed by atoms with van der Waals surface area (Å²) >= 11 is 0. The monoisotopic (exact) mass is 514 g/mol. The number of aryl methyl sites for hydroxylation is 1. The first-order chi connectivity index (χ1) is 19.2. The van der Waals surface area contributed by atoms with Gasteiger partial charge >= 0.3 is 0 Å². The van der Waals surface area contributed by atoms with Crippen LogP contribution in [0.1, 0.15) is 23.1 Å². The third kappa shape index (κ3) is 3.36. The lowest BCUT2D eigenvalue weighted by atomic mass is 9.98. The van der Waals surface area contributed by atoms with Crippen LogP contribution in [0.2, 0.25) is 0 Å². The van der Waals surface area contributed by atoms with E-state index in [1.54, 1.807) is 6.26 Å². The van der Waals surface area contributed by atoms with E-state index in [-0.39, 0.29) is 12.8 Å². The number of rotatable bonds is 3. The topological polar surface area (TPSA) is 89.4 Å². The number of ether oxygens (including phenoxy) is 2. The summed E-state index contributed by atoms with van der Waals surface area (Å²) in [6, 6.07) is 27.4. The van der Waals surface area contributed by atoms with Crippen molar-refractivity contribution in [1.29, 1.82) is 0 Å². The molecule has 0 unspecified atom stereocenters. The molecular formula is C30H22N6O3. The average Bonchev–Trinajstić information content (AvgIpc) is 3.73. The average molecular weight is 515 g/mol. The molecule has 0 saturated heterocycles. The van der Waals surface area contributed by atoms with Crippen molar-refractivity contribution < 1.29 is 13.9 Å². The summed E-state index contributed by atoms with van der Waals surface area (Å²) in [5.74, 6) is 4.21. The van der Waals surface area contributed by atoms with Crippen molar-refractivity contribution in [2.75, 3.05) is 17.0 Å². The van der Waals surface area contributed by atoms with Crippen LogP contribution in [0.15, 0.2) is 106 Å². The Kier molecular flexibility index (Phi) is 4.66. The fraction of sp³-hybridized carbons (Fsp3) is 0.100. The maximum Gasteiger partial charge on any atom is 0.231 e. The minimum Gasteiger partial charge on any atom is -0.467 e. The lowest BCUT2D eigenvalue weighted by molar-refractivity contribution is 0.174. The second-order valence-corrected chi connectivity index (χ2v) is 9.44. The number of aliphatic imine (C=N–C) groups is 2. The molecule has 3 aromatic carbocycles. The van der Waals surface area contributed by atoms with E-state index in [1.807, 2.05) is 90.5 Å². The smallest absolute Gasteiger partial charge is 0.231 e. The first-order valence-corrected chi connectivity index (χ1v) is 12.7. The number of fused-ring (bicyclic) bond motifs is 5. The molecule has 0 fully saturated rings. The van der Waals surface area contributed by atoms with Gasteiger partial charge in [0.05, 0.1) is 34.6 Å². The largest absolute Gasteiger partial charge is 0.467 e. The van der Waals surface area contributed by atoms with Crippen molar-refractivity contribution in [3.05, 3.63) is 108 Å². The summed E-state index contributed by atoms with van der Waals surface area (Å²) in [6.45, 7) is 2.23. The third-order valence-corrected chi connectivity index (χ3v) is 7.09. The highest BCUT2D eigenvalue weighted by Gasteiger charge is 2.42. The highest BCUT2D eigenvalue weighted by Crippen LogP contribution is 2.48. The Balaban J connectivity index is 1.35. The molecule has 0 bridgehead atoms. The van der Waals surface area contributed by atoms with Gasteiger partial charge in [0.1, 0.15) is 11.8 Å². The highest BCUT2D eigenvalue weighted by atomic mass is 16.7. The summed E-state index contributed by atoms with van der Waals surface area (Å²) in [4.78, 5) is 12.4. The minimum absolute atomic E-state index is 0.212. The van der Waals surface area contributed by atoms with Crippen LogP contribution in [-0.2, 0) is 0 Å². The van der Waals surface area contributed by atoms with Gasteiger partial charge in [0.15, 0.2) is 29.0 Å². The van der Waals surface area contributed by atoms with Gasteiger partial charge < -0.3 is 24.1 Å². The Morgan fingerprint density at radius 3 is 2.59 bits per heavy atom. The van der Waals surface area contributed by atoms with Gasteiger partial charge in [0.2, 0.25) is 6.79 Å². The van der Waals surface area contributed by atoms with Crippen molar-refractivity contribution >= 4 is 34.6 Å².